The number of piperazine rings is 2. The van der Waals surface area contributed by atoms with Crippen molar-refractivity contribution in [2.24, 2.45) is 5.92 Å². The molecular weight excluding hydrogens is 1360 g/mol. The van der Waals surface area contributed by atoms with E-state index >= 15 is 0 Å². The highest BCUT2D eigenvalue weighted by atomic mass is 79.9. The van der Waals surface area contributed by atoms with Crippen LogP contribution in [0.5, 0.6) is 0 Å². The third-order valence-electron chi connectivity index (χ3n) is 15.2. The Morgan fingerprint density at radius 3 is 1.19 bits per heavy atom. The summed E-state index contributed by atoms with van der Waals surface area (Å²) in [6.07, 6.45) is 14.1. The molecule has 8 nitrogen and oxygen atoms in total. The molecule has 3 aliphatic carbocycles. The number of hydrogen-bond acceptors (Lipinski definition) is 8. The van der Waals surface area contributed by atoms with Crippen molar-refractivity contribution < 1.29 is 0 Å². The van der Waals surface area contributed by atoms with Gasteiger partial charge in [-0.3, -0.25) is 24.8 Å². The minimum Gasteiger partial charge on any atom is -0.317 e. The molecule has 12 rings (SSSR count). The molecule has 0 saturated carbocycles. The Morgan fingerprint density at radius 2 is 0.778 bits per heavy atom. The van der Waals surface area contributed by atoms with E-state index in [2.05, 4.69) is 158 Å². The number of fused-ring (bicyclic) bond motifs is 6. The maximum Gasteiger partial charge on any atom is 0.0783 e. The van der Waals surface area contributed by atoms with Crippen LogP contribution in [-0.2, 0) is 38.5 Å². The van der Waals surface area contributed by atoms with Crippen molar-refractivity contribution in [3.05, 3.63) is 182 Å². The molecule has 0 spiro atoms. The van der Waals surface area contributed by atoms with Crippen LogP contribution >= 0.6 is 130 Å². The number of nitrogens with zero attached hydrogens (tertiary/aromatic N) is 5. The summed E-state index contributed by atoms with van der Waals surface area (Å²) >= 11 is 41.1. The Morgan fingerprint density at radius 1 is 0.431 bits per heavy atom. The molecule has 6 heterocycles. The predicted molar refractivity (Wildman–Crippen MR) is 315 cm³/mol. The zero-order valence-electron chi connectivity index (χ0n) is 39.6. The number of halogens is 9. The van der Waals surface area contributed by atoms with Crippen LogP contribution in [0.3, 0.4) is 0 Å². The van der Waals surface area contributed by atoms with Gasteiger partial charge in [0.05, 0.1) is 44.2 Å². The smallest absolute Gasteiger partial charge is 0.0783 e. The molecule has 17 heteroatoms. The van der Waals surface area contributed by atoms with Crippen molar-refractivity contribution in [2.75, 3.05) is 65.4 Å². The van der Waals surface area contributed by atoms with Crippen LogP contribution in [0.4, 0.5) is 0 Å². The minimum absolute atomic E-state index is 0.196. The van der Waals surface area contributed by atoms with Crippen molar-refractivity contribution in [3.63, 3.8) is 0 Å². The fourth-order valence-electron chi connectivity index (χ4n) is 11.7. The molecule has 3 aliphatic heterocycles. The topological polar surface area (TPSA) is 81.2 Å². The van der Waals surface area contributed by atoms with Crippen LogP contribution in [0.25, 0.3) is 0 Å². The first-order valence-corrected chi connectivity index (χ1v) is 30.8. The molecule has 3 atom stereocenters. The molecule has 6 aliphatic rings. The standard InChI is InChI=1S/C19H19Br2ClN2.2C18H18Br2ClN3/c20-13-9-12-1-2-15-14(3-4-16(22)18(15)21)17(19(12)24-10-13)11-5-7-23-8-6-11;2*19-12-9-11-1-2-13-14(3-4-15(21)16(13)20)18(17(11)23-10-12)24-7-5-22-6-8-24/h3-4,9-11,17,23H,1-2,5-8H2;2*3-4,9-10,18,22H,1-2,5-8H2/t;2*18-/m.10/s1. The lowest BCUT2D eigenvalue weighted by Crippen LogP contribution is -2.45. The molecule has 3 aromatic heterocycles. The van der Waals surface area contributed by atoms with Gasteiger partial charge in [-0.15, -0.1) is 0 Å². The van der Waals surface area contributed by atoms with Gasteiger partial charge in [0.15, 0.2) is 0 Å². The maximum atomic E-state index is 6.39. The van der Waals surface area contributed by atoms with E-state index in [1.54, 1.807) is 0 Å². The molecule has 6 aromatic rings. The van der Waals surface area contributed by atoms with Gasteiger partial charge in [0, 0.05) is 104 Å². The largest absolute Gasteiger partial charge is 0.317 e. The van der Waals surface area contributed by atoms with Gasteiger partial charge < -0.3 is 16.0 Å². The van der Waals surface area contributed by atoms with E-state index in [4.69, 9.17) is 49.8 Å². The van der Waals surface area contributed by atoms with Crippen molar-refractivity contribution in [1.29, 1.82) is 0 Å². The number of piperidine rings is 1. The summed E-state index contributed by atoms with van der Waals surface area (Å²) in [5, 5.41) is 12.8. The molecule has 378 valence electrons. The second-order valence-corrected chi connectivity index (χ2v) is 25.7. The number of pyridine rings is 3. The molecule has 1 unspecified atom stereocenters. The van der Waals surface area contributed by atoms with Gasteiger partial charge in [-0.2, -0.15) is 0 Å². The van der Waals surface area contributed by atoms with Crippen LogP contribution in [0.2, 0.25) is 15.1 Å². The van der Waals surface area contributed by atoms with Gasteiger partial charge in [-0.25, -0.2) is 0 Å². The van der Waals surface area contributed by atoms with Crippen molar-refractivity contribution in [2.45, 2.75) is 69.4 Å². The molecule has 0 bridgehead atoms. The van der Waals surface area contributed by atoms with E-state index in [-0.39, 0.29) is 12.1 Å². The molecule has 0 amide bonds. The molecule has 3 N–H and O–H groups in total. The number of benzene rings is 3. The predicted octanol–water partition coefficient (Wildman–Crippen LogP) is 14.2. The van der Waals surface area contributed by atoms with Crippen molar-refractivity contribution >= 4 is 130 Å². The summed E-state index contributed by atoms with van der Waals surface area (Å²) in [4.78, 5) is 19.6. The van der Waals surface area contributed by atoms with Gasteiger partial charge in [0.2, 0.25) is 0 Å². The lowest BCUT2D eigenvalue weighted by atomic mass is 9.77. The minimum atomic E-state index is 0.196. The molecule has 0 radical (unpaired) electrons. The van der Waals surface area contributed by atoms with E-state index in [1.165, 1.54) is 80.0 Å². The number of hydrogen-bond donors (Lipinski definition) is 3. The van der Waals surface area contributed by atoms with E-state index in [9.17, 15) is 0 Å². The van der Waals surface area contributed by atoms with Gasteiger partial charge in [-0.1, -0.05) is 53.0 Å². The summed E-state index contributed by atoms with van der Waals surface area (Å²) in [6, 6.07) is 19.7. The van der Waals surface area contributed by atoms with E-state index in [1.807, 2.05) is 36.8 Å². The van der Waals surface area contributed by atoms with Gasteiger partial charge in [0.25, 0.3) is 0 Å². The average Bonchev–Trinajstić information content (AvgIpc) is 3.75. The van der Waals surface area contributed by atoms with Crippen molar-refractivity contribution in [1.82, 2.24) is 40.7 Å². The maximum absolute atomic E-state index is 6.39. The second kappa shape index (κ2) is 24.5. The van der Waals surface area contributed by atoms with Crippen molar-refractivity contribution in [3.8, 4) is 0 Å². The first kappa shape index (κ1) is 54.0. The van der Waals surface area contributed by atoms with E-state index in [0.29, 0.717) is 11.8 Å². The summed E-state index contributed by atoms with van der Waals surface area (Å²) in [5.41, 5.74) is 15.7. The first-order valence-electron chi connectivity index (χ1n) is 24.9. The van der Waals surface area contributed by atoms with Gasteiger partial charge in [0.1, 0.15) is 0 Å². The third-order valence-corrected chi connectivity index (χ3v) is 20.8. The van der Waals surface area contributed by atoms with Crippen LogP contribution in [-0.4, -0.2) is 90.2 Å². The molecule has 3 fully saturated rings. The number of aromatic nitrogens is 3. The Hall–Kier alpha value is -1.34. The highest BCUT2D eigenvalue weighted by molar-refractivity contribution is 9.11. The zero-order valence-corrected chi connectivity index (χ0v) is 51.4. The number of nitrogens with one attached hydrogen (secondary N) is 3. The molecule has 72 heavy (non-hydrogen) atoms. The third kappa shape index (κ3) is 11.7. The fraction of sp³-hybridized carbons (Fsp3) is 0.400. The monoisotopic (exact) mass is 1410 g/mol. The fourth-order valence-corrected chi connectivity index (χ4v) is 15.1. The lowest BCUT2D eigenvalue weighted by molar-refractivity contribution is 0.195. The summed E-state index contributed by atoms with van der Waals surface area (Å²) in [5.74, 6) is 0.991. The van der Waals surface area contributed by atoms with E-state index in [0.717, 1.165) is 146 Å². The Balaban J connectivity index is 0.000000124. The summed E-state index contributed by atoms with van der Waals surface area (Å²) in [7, 11) is 0. The molecule has 3 saturated heterocycles. The second-order valence-electron chi connectivity index (χ2n) is 19.3. The number of aryl methyl sites for hydroxylation is 3. The lowest BCUT2D eigenvalue weighted by Gasteiger charge is -2.36. The van der Waals surface area contributed by atoms with Gasteiger partial charge >= 0.3 is 0 Å². The van der Waals surface area contributed by atoms with Crippen LogP contribution in [0, 0.1) is 5.92 Å². The highest BCUT2D eigenvalue weighted by Crippen LogP contribution is 2.46. The number of rotatable bonds is 3. The molecule has 3 aromatic carbocycles. The Labute approximate surface area is 489 Å². The quantitative estimate of drug-likeness (QED) is 0.162. The summed E-state index contributed by atoms with van der Waals surface area (Å²) < 4.78 is 6.29. The Bertz CT molecular complexity index is 2630. The Kier molecular flexibility index (Phi) is 18.4. The SMILES string of the molecule is Clc1ccc2c(c1Br)CCc1cc(Br)cnc1C2C1CCNCC1.Clc1ccc2c(c1Br)CCc1cc(Br)cnc1[C@@H]2N1CCNCC1.Clc1ccc2c(c1Br)CCc1cc(Br)cnc1[C@H]2N1CCNCC1. The normalized spacial score (nSPS) is 21.0. The zero-order chi connectivity index (χ0) is 50.0. The molecular formula is C55H55Br6Cl3N8. The first-order chi connectivity index (χ1) is 34.9. The van der Waals surface area contributed by atoms with Crippen LogP contribution in [0.1, 0.15) is 98.0 Å². The highest BCUT2D eigenvalue weighted by Gasteiger charge is 2.36. The van der Waals surface area contributed by atoms with Crippen LogP contribution in [0.15, 0.2) is 100 Å². The van der Waals surface area contributed by atoms with Gasteiger partial charge in [-0.05, 0) is 252 Å². The average molecular weight is 1410 g/mol. The van der Waals surface area contributed by atoms with Crippen LogP contribution < -0.4 is 16.0 Å². The van der Waals surface area contributed by atoms with E-state index < -0.39 is 0 Å². The summed E-state index contributed by atoms with van der Waals surface area (Å²) in [6.45, 7) is 10.4.